The molecule has 0 saturated carbocycles. The number of hydrogen-bond donors (Lipinski definition) is 1. The van der Waals surface area contributed by atoms with Gasteiger partial charge in [-0.1, -0.05) is 43.3 Å². The number of aliphatic hydroxyl groups excluding tert-OH is 1. The number of benzene rings is 2. The van der Waals surface area contributed by atoms with Crippen LogP contribution in [0.5, 0.6) is 5.75 Å². The van der Waals surface area contributed by atoms with E-state index < -0.39 is 16.1 Å². The van der Waals surface area contributed by atoms with Crippen LogP contribution in [0.25, 0.3) is 11.1 Å². The van der Waals surface area contributed by atoms with Crippen molar-refractivity contribution in [2.75, 3.05) is 26.7 Å². The van der Waals surface area contributed by atoms with Crippen molar-refractivity contribution in [2.24, 2.45) is 5.92 Å². The SMILES string of the molecule is C[C@@H]1CN([C@H](C)CO)S(=O)(=O)c2ccc(-c3ccncc3)cc2O[C@@H]1CN(C)Cc1ccccc1. The Labute approximate surface area is 208 Å². The van der Waals surface area contributed by atoms with E-state index in [1.165, 1.54) is 9.87 Å². The van der Waals surface area contributed by atoms with Gasteiger partial charge in [-0.05, 0) is 54.9 Å². The number of ether oxygens (including phenoxy) is 1. The minimum Gasteiger partial charge on any atom is -0.487 e. The van der Waals surface area contributed by atoms with Gasteiger partial charge in [-0.25, -0.2) is 8.42 Å². The summed E-state index contributed by atoms with van der Waals surface area (Å²) in [7, 11) is -1.82. The van der Waals surface area contributed by atoms with Crippen LogP contribution in [0, 0.1) is 5.92 Å². The van der Waals surface area contributed by atoms with Crippen molar-refractivity contribution >= 4 is 10.0 Å². The molecule has 2 heterocycles. The highest BCUT2D eigenvalue weighted by Gasteiger charge is 2.38. The highest BCUT2D eigenvalue weighted by molar-refractivity contribution is 7.89. The molecule has 1 aromatic heterocycles. The van der Waals surface area contributed by atoms with Crippen LogP contribution >= 0.6 is 0 Å². The van der Waals surface area contributed by atoms with E-state index in [4.69, 9.17) is 4.74 Å². The lowest BCUT2D eigenvalue weighted by atomic mass is 10.0. The largest absolute Gasteiger partial charge is 0.487 e. The second-order valence-electron chi connectivity index (χ2n) is 9.32. The lowest BCUT2D eigenvalue weighted by molar-refractivity contribution is 0.0734. The Hall–Kier alpha value is -2.78. The average Bonchev–Trinajstić information content (AvgIpc) is 2.86. The van der Waals surface area contributed by atoms with Gasteiger partial charge >= 0.3 is 0 Å². The second-order valence-corrected chi connectivity index (χ2v) is 11.2. The molecule has 0 aliphatic carbocycles. The van der Waals surface area contributed by atoms with Gasteiger partial charge in [0, 0.05) is 44.0 Å². The maximum absolute atomic E-state index is 13.7. The molecule has 3 atom stereocenters. The number of hydrogen-bond acceptors (Lipinski definition) is 6. The van der Waals surface area contributed by atoms with Crippen LogP contribution in [0.1, 0.15) is 19.4 Å². The quantitative estimate of drug-likeness (QED) is 0.539. The Kier molecular flexibility index (Phi) is 7.86. The van der Waals surface area contributed by atoms with E-state index in [0.717, 1.165) is 17.7 Å². The molecule has 0 amide bonds. The number of aromatic nitrogens is 1. The minimum absolute atomic E-state index is 0.102. The maximum atomic E-state index is 13.7. The first-order valence-electron chi connectivity index (χ1n) is 11.9. The zero-order valence-electron chi connectivity index (χ0n) is 20.4. The lowest BCUT2D eigenvalue weighted by Crippen LogP contribution is -2.49. The molecule has 3 aromatic rings. The maximum Gasteiger partial charge on any atom is 0.247 e. The Morgan fingerprint density at radius 1 is 1.11 bits per heavy atom. The zero-order chi connectivity index (χ0) is 25.0. The highest BCUT2D eigenvalue weighted by Crippen LogP contribution is 2.36. The van der Waals surface area contributed by atoms with Crippen LogP contribution < -0.4 is 4.74 Å². The molecule has 0 bridgehead atoms. The van der Waals surface area contributed by atoms with Gasteiger partial charge in [-0.15, -0.1) is 0 Å². The monoisotopic (exact) mass is 495 g/mol. The minimum atomic E-state index is -3.86. The van der Waals surface area contributed by atoms with Crippen molar-refractivity contribution < 1.29 is 18.3 Å². The predicted molar refractivity (Wildman–Crippen MR) is 136 cm³/mol. The summed E-state index contributed by atoms with van der Waals surface area (Å²) in [5.74, 6) is 0.230. The van der Waals surface area contributed by atoms with Crippen molar-refractivity contribution in [3.05, 3.63) is 78.6 Å². The normalized spacial score (nSPS) is 20.9. The van der Waals surface area contributed by atoms with Gasteiger partial charge in [-0.3, -0.25) is 9.88 Å². The van der Waals surface area contributed by atoms with E-state index in [9.17, 15) is 13.5 Å². The molecule has 2 aromatic carbocycles. The smallest absolute Gasteiger partial charge is 0.247 e. The van der Waals surface area contributed by atoms with Crippen molar-refractivity contribution in [3.8, 4) is 16.9 Å². The van der Waals surface area contributed by atoms with E-state index in [2.05, 4.69) is 22.0 Å². The third-order valence-electron chi connectivity index (χ3n) is 6.47. The van der Waals surface area contributed by atoms with Crippen molar-refractivity contribution in [1.82, 2.24) is 14.2 Å². The fraction of sp³-hybridized carbons (Fsp3) is 0.370. The third kappa shape index (κ3) is 5.73. The summed E-state index contributed by atoms with van der Waals surface area (Å²) in [4.78, 5) is 6.39. The molecule has 0 fully saturated rings. The molecule has 4 rings (SSSR count). The molecule has 35 heavy (non-hydrogen) atoms. The molecule has 0 radical (unpaired) electrons. The van der Waals surface area contributed by atoms with Gasteiger partial charge in [0.15, 0.2) is 0 Å². The van der Waals surface area contributed by atoms with Crippen LogP contribution in [0.2, 0.25) is 0 Å². The Morgan fingerprint density at radius 3 is 2.51 bits per heavy atom. The number of sulfonamides is 1. The molecule has 1 aliphatic rings. The number of likely N-dealkylation sites (N-methyl/N-ethyl adjacent to an activating group) is 1. The summed E-state index contributed by atoms with van der Waals surface area (Å²) in [5, 5.41) is 9.83. The van der Waals surface area contributed by atoms with E-state index in [-0.39, 0.29) is 30.1 Å². The van der Waals surface area contributed by atoms with Crippen LogP contribution in [-0.4, -0.2) is 66.6 Å². The summed E-state index contributed by atoms with van der Waals surface area (Å²) >= 11 is 0. The molecule has 8 heteroatoms. The molecule has 0 unspecified atom stereocenters. The van der Waals surface area contributed by atoms with Gasteiger partial charge in [0.1, 0.15) is 16.7 Å². The molecule has 186 valence electrons. The third-order valence-corrected chi connectivity index (χ3v) is 8.49. The number of rotatable bonds is 7. The number of aliphatic hydroxyl groups is 1. The van der Waals surface area contributed by atoms with Crippen LogP contribution in [0.3, 0.4) is 0 Å². The Bertz CT molecular complexity index is 1220. The summed E-state index contributed by atoms with van der Waals surface area (Å²) < 4.78 is 35.2. The van der Waals surface area contributed by atoms with Crippen molar-refractivity contribution in [1.29, 1.82) is 0 Å². The fourth-order valence-electron chi connectivity index (χ4n) is 4.43. The van der Waals surface area contributed by atoms with Gasteiger partial charge in [0.05, 0.1) is 6.61 Å². The number of nitrogens with zero attached hydrogens (tertiary/aromatic N) is 3. The fourth-order valence-corrected chi connectivity index (χ4v) is 6.26. The van der Waals surface area contributed by atoms with Crippen LogP contribution in [0.15, 0.2) is 78.0 Å². The van der Waals surface area contributed by atoms with Gasteiger partial charge in [0.25, 0.3) is 0 Å². The highest BCUT2D eigenvalue weighted by atomic mass is 32.2. The van der Waals surface area contributed by atoms with Crippen LogP contribution in [0.4, 0.5) is 0 Å². The first kappa shape index (κ1) is 25.3. The van der Waals surface area contributed by atoms with E-state index in [1.54, 1.807) is 37.5 Å². The summed E-state index contributed by atoms with van der Waals surface area (Å²) in [5.41, 5.74) is 2.98. The van der Waals surface area contributed by atoms with Gasteiger partial charge in [0.2, 0.25) is 10.0 Å². The van der Waals surface area contributed by atoms with Gasteiger partial charge < -0.3 is 9.84 Å². The molecular weight excluding hydrogens is 462 g/mol. The van der Waals surface area contributed by atoms with Crippen molar-refractivity contribution in [2.45, 2.75) is 37.4 Å². The van der Waals surface area contributed by atoms with E-state index >= 15 is 0 Å². The number of fused-ring (bicyclic) bond motifs is 1. The second kappa shape index (κ2) is 10.9. The van der Waals surface area contributed by atoms with Crippen LogP contribution in [-0.2, 0) is 16.6 Å². The van der Waals surface area contributed by atoms with Gasteiger partial charge in [-0.2, -0.15) is 4.31 Å². The standard InChI is InChI=1S/C27H33N3O4S/c1-20-16-30(21(2)19-31)35(32,33)27-10-9-24(23-11-13-28-14-12-23)15-25(27)34-26(20)18-29(3)17-22-7-5-4-6-8-22/h4-15,20-21,26,31H,16-19H2,1-3H3/t20-,21-,26-/m1/s1. The van der Waals surface area contributed by atoms with E-state index in [0.29, 0.717) is 12.3 Å². The topological polar surface area (TPSA) is 83.0 Å². The number of pyridine rings is 1. The van der Waals surface area contributed by atoms with E-state index in [1.807, 2.05) is 44.3 Å². The average molecular weight is 496 g/mol. The molecule has 0 spiro atoms. The molecule has 1 aliphatic heterocycles. The first-order chi connectivity index (χ1) is 16.8. The summed E-state index contributed by atoms with van der Waals surface area (Å²) in [6.07, 6.45) is 3.16. The molecular formula is C27H33N3O4S. The Balaban J connectivity index is 1.72. The first-order valence-corrected chi connectivity index (χ1v) is 13.3. The molecule has 1 N–H and O–H groups in total. The molecule has 7 nitrogen and oxygen atoms in total. The van der Waals surface area contributed by atoms with Crippen molar-refractivity contribution in [3.63, 3.8) is 0 Å². The summed E-state index contributed by atoms with van der Waals surface area (Å²) in [6, 6.07) is 18.6. The zero-order valence-corrected chi connectivity index (χ0v) is 21.2. The molecule has 0 saturated heterocycles. The lowest BCUT2D eigenvalue weighted by Gasteiger charge is -2.37. The summed E-state index contributed by atoms with van der Waals surface area (Å²) in [6.45, 7) is 5.12. The Morgan fingerprint density at radius 2 is 1.83 bits per heavy atom. The predicted octanol–water partition coefficient (Wildman–Crippen LogP) is 3.65.